The van der Waals surface area contributed by atoms with Crippen molar-refractivity contribution in [3.05, 3.63) is 29.6 Å². The number of aliphatic carboxylic acids is 1. The van der Waals surface area contributed by atoms with Gasteiger partial charge in [-0.1, -0.05) is 6.92 Å². The van der Waals surface area contributed by atoms with Crippen LogP contribution < -0.4 is 5.73 Å². The maximum Gasteiger partial charge on any atom is 0.306 e. The van der Waals surface area contributed by atoms with E-state index in [1.54, 1.807) is 6.92 Å². The molecule has 6 heteroatoms. The van der Waals surface area contributed by atoms with Crippen LogP contribution >= 0.6 is 0 Å². The van der Waals surface area contributed by atoms with Gasteiger partial charge in [0.1, 0.15) is 5.82 Å². The molecule has 1 aromatic carbocycles. The van der Waals surface area contributed by atoms with Crippen LogP contribution in [0.2, 0.25) is 0 Å². The first kappa shape index (κ1) is 13.3. The summed E-state index contributed by atoms with van der Waals surface area (Å²) in [5.41, 5.74) is 5.57. The van der Waals surface area contributed by atoms with Crippen molar-refractivity contribution < 1.29 is 19.1 Å². The highest BCUT2D eigenvalue weighted by molar-refractivity contribution is 5.95. The van der Waals surface area contributed by atoms with Crippen molar-refractivity contribution in [2.45, 2.75) is 6.92 Å². The summed E-state index contributed by atoms with van der Waals surface area (Å²) in [5.74, 6) is -2.31. The first-order chi connectivity index (χ1) is 8.90. The Hall–Kier alpha value is -2.11. The van der Waals surface area contributed by atoms with E-state index in [0.29, 0.717) is 13.1 Å². The number of carboxylic acids is 1. The molecule has 1 aliphatic rings. The molecule has 1 fully saturated rings. The van der Waals surface area contributed by atoms with E-state index in [1.807, 2.05) is 0 Å². The summed E-state index contributed by atoms with van der Waals surface area (Å²) in [7, 11) is 0. The molecule has 19 heavy (non-hydrogen) atoms. The van der Waals surface area contributed by atoms with Crippen LogP contribution in [-0.2, 0) is 4.79 Å². The number of benzene rings is 1. The number of nitrogens with zero attached hydrogens (tertiary/aromatic N) is 1. The topological polar surface area (TPSA) is 83.6 Å². The van der Waals surface area contributed by atoms with E-state index < -0.39 is 17.7 Å². The predicted octanol–water partition coefficient (Wildman–Crippen LogP) is 1.20. The molecule has 102 valence electrons. The highest BCUT2D eigenvalue weighted by Crippen LogP contribution is 2.26. The second-order valence-corrected chi connectivity index (χ2v) is 4.83. The van der Waals surface area contributed by atoms with Crippen molar-refractivity contribution in [3.63, 3.8) is 0 Å². The molecule has 0 radical (unpaired) electrons. The number of halogens is 1. The number of anilines is 1. The fourth-order valence-corrected chi connectivity index (χ4v) is 2.04. The standard InChI is InChI=1S/C13H15FN2O3/c1-7(13(18)19)9-5-16(6-9)12(17)8-2-3-11(15)10(14)4-8/h2-4,7,9H,5-6,15H2,1H3,(H,18,19). The van der Waals surface area contributed by atoms with E-state index >= 15 is 0 Å². The Balaban J connectivity index is 2.00. The van der Waals surface area contributed by atoms with Crippen LogP contribution in [0.3, 0.4) is 0 Å². The minimum absolute atomic E-state index is 0.00228. The largest absolute Gasteiger partial charge is 0.481 e. The summed E-state index contributed by atoms with van der Waals surface area (Å²) >= 11 is 0. The molecular formula is C13H15FN2O3. The van der Waals surface area contributed by atoms with Crippen LogP contribution in [0.5, 0.6) is 0 Å². The zero-order valence-electron chi connectivity index (χ0n) is 10.5. The highest BCUT2D eigenvalue weighted by Gasteiger charge is 2.37. The monoisotopic (exact) mass is 266 g/mol. The van der Waals surface area contributed by atoms with Crippen molar-refractivity contribution in [3.8, 4) is 0 Å². The number of amides is 1. The summed E-state index contributed by atoms with van der Waals surface area (Å²) in [6, 6.07) is 3.92. The van der Waals surface area contributed by atoms with Crippen LogP contribution in [0.15, 0.2) is 18.2 Å². The molecule has 1 saturated heterocycles. The van der Waals surface area contributed by atoms with Gasteiger partial charge < -0.3 is 15.7 Å². The fourth-order valence-electron chi connectivity index (χ4n) is 2.04. The Morgan fingerprint density at radius 1 is 1.47 bits per heavy atom. The minimum Gasteiger partial charge on any atom is -0.481 e. The minimum atomic E-state index is -0.865. The number of carbonyl (C=O) groups is 2. The first-order valence-electron chi connectivity index (χ1n) is 5.97. The molecule has 5 nitrogen and oxygen atoms in total. The van der Waals surface area contributed by atoms with Gasteiger partial charge >= 0.3 is 5.97 Å². The van der Waals surface area contributed by atoms with E-state index in [1.165, 1.54) is 17.0 Å². The summed E-state index contributed by atoms with van der Waals surface area (Å²) in [6.45, 7) is 2.40. The third-order valence-corrected chi connectivity index (χ3v) is 3.54. The van der Waals surface area contributed by atoms with Crippen molar-refractivity contribution >= 4 is 17.6 Å². The molecular weight excluding hydrogens is 251 g/mol. The average Bonchev–Trinajstić information content (AvgIpc) is 2.30. The van der Waals surface area contributed by atoms with Gasteiger partial charge in [0.05, 0.1) is 11.6 Å². The van der Waals surface area contributed by atoms with E-state index in [0.717, 1.165) is 6.07 Å². The number of hydrogen-bond donors (Lipinski definition) is 2. The van der Waals surface area contributed by atoms with Crippen molar-refractivity contribution in [2.75, 3.05) is 18.8 Å². The highest BCUT2D eigenvalue weighted by atomic mass is 19.1. The maximum atomic E-state index is 13.3. The Morgan fingerprint density at radius 2 is 2.11 bits per heavy atom. The second kappa shape index (κ2) is 4.87. The van der Waals surface area contributed by atoms with Crippen molar-refractivity contribution in [1.29, 1.82) is 0 Å². The number of nitrogen functional groups attached to an aromatic ring is 1. The number of carbonyl (C=O) groups excluding carboxylic acids is 1. The van der Waals surface area contributed by atoms with Crippen LogP contribution in [0.1, 0.15) is 17.3 Å². The SMILES string of the molecule is CC(C(=O)O)C1CN(C(=O)c2ccc(N)c(F)c2)C1. The molecule has 1 atom stereocenters. The summed E-state index contributed by atoms with van der Waals surface area (Å²) in [4.78, 5) is 24.3. The fraction of sp³-hybridized carbons (Fsp3) is 0.385. The molecule has 0 saturated carbocycles. The van der Waals surface area contributed by atoms with Gasteiger partial charge in [0.2, 0.25) is 0 Å². The first-order valence-corrected chi connectivity index (χ1v) is 5.97. The molecule has 0 spiro atoms. The third-order valence-electron chi connectivity index (χ3n) is 3.54. The number of rotatable bonds is 3. The molecule has 0 aliphatic carbocycles. The van der Waals surface area contributed by atoms with Crippen LogP contribution in [0, 0.1) is 17.7 Å². The predicted molar refractivity (Wildman–Crippen MR) is 67.0 cm³/mol. The normalized spacial score (nSPS) is 16.8. The average molecular weight is 266 g/mol. The molecule has 0 aromatic heterocycles. The van der Waals surface area contributed by atoms with E-state index in [2.05, 4.69) is 0 Å². The number of likely N-dealkylation sites (tertiary alicyclic amines) is 1. The molecule has 1 unspecified atom stereocenters. The van der Waals surface area contributed by atoms with E-state index in [4.69, 9.17) is 10.8 Å². The maximum absolute atomic E-state index is 13.3. The molecule has 1 aromatic rings. The Bertz CT molecular complexity index is 527. The van der Waals surface area contributed by atoms with Gasteiger partial charge in [0.15, 0.2) is 0 Å². The van der Waals surface area contributed by atoms with Crippen LogP contribution in [0.4, 0.5) is 10.1 Å². The Labute approximate surface area is 109 Å². The quantitative estimate of drug-likeness (QED) is 0.805. The molecule has 1 aliphatic heterocycles. The summed E-state index contributed by atoms with van der Waals surface area (Å²) < 4.78 is 13.3. The number of carboxylic acid groups (broad SMARTS) is 1. The Morgan fingerprint density at radius 3 is 2.63 bits per heavy atom. The zero-order chi connectivity index (χ0) is 14.2. The second-order valence-electron chi connectivity index (χ2n) is 4.83. The van der Waals surface area contributed by atoms with Gasteiger partial charge in [-0.15, -0.1) is 0 Å². The van der Waals surface area contributed by atoms with Crippen molar-refractivity contribution in [1.82, 2.24) is 4.90 Å². The smallest absolute Gasteiger partial charge is 0.306 e. The lowest BCUT2D eigenvalue weighted by atomic mass is 9.86. The zero-order valence-corrected chi connectivity index (χ0v) is 10.5. The van der Waals surface area contributed by atoms with E-state index in [9.17, 15) is 14.0 Å². The van der Waals surface area contributed by atoms with Gasteiger partial charge in [0.25, 0.3) is 5.91 Å². The molecule has 0 bridgehead atoms. The molecule has 1 amide bonds. The summed E-state index contributed by atoms with van der Waals surface area (Å²) in [6.07, 6.45) is 0. The lowest BCUT2D eigenvalue weighted by Gasteiger charge is -2.41. The van der Waals surface area contributed by atoms with Crippen LogP contribution in [-0.4, -0.2) is 35.0 Å². The van der Waals surface area contributed by atoms with E-state index in [-0.39, 0.29) is 23.1 Å². The number of hydrogen-bond acceptors (Lipinski definition) is 3. The third kappa shape index (κ3) is 2.52. The Kier molecular flexibility index (Phi) is 3.42. The summed E-state index contributed by atoms with van der Waals surface area (Å²) in [5, 5.41) is 8.86. The van der Waals surface area contributed by atoms with Crippen LogP contribution in [0.25, 0.3) is 0 Å². The van der Waals surface area contributed by atoms with Gasteiger partial charge in [0, 0.05) is 24.6 Å². The van der Waals surface area contributed by atoms with Gasteiger partial charge in [-0.25, -0.2) is 4.39 Å². The van der Waals surface area contributed by atoms with Gasteiger partial charge in [-0.05, 0) is 18.2 Å². The lowest BCUT2D eigenvalue weighted by Crippen LogP contribution is -2.53. The molecule has 3 N–H and O–H groups in total. The number of nitrogens with two attached hydrogens (primary N) is 1. The van der Waals surface area contributed by atoms with Crippen molar-refractivity contribution in [2.24, 2.45) is 11.8 Å². The van der Waals surface area contributed by atoms with Gasteiger partial charge in [-0.2, -0.15) is 0 Å². The molecule has 2 rings (SSSR count). The molecule has 1 heterocycles. The van der Waals surface area contributed by atoms with Gasteiger partial charge in [-0.3, -0.25) is 9.59 Å². The lowest BCUT2D eigenvalue weighted by molar-refractivity contribution is -0.144.